The zero-order valence-electron chi connectivity index (χ0n) is 6.24. The van der Waals surface area contributed by atoms with Crippen LogP contribution in [0.3, 0.4) is 0 Å². The van der Waals surface area contributed by atoms with Crippen molar-refractivity contribution in [3.8, 4) is 0 Å². The molecule has 6 heteroatoms. The van der Waals surface area contributed by atoms with Gasteiger partial charge >= 0.3 is 0 Å². The minimum Gasteiger partial charge on any atom is -0.394 e. The summed E-state index contributed by atoms with van der Waals surface area (Å²) < 4.78 is 4.58. The lowest BCUT2D eigenvalue weighted by Gasteiger charge is -2.18. The van der Waals surface area contributed by atoms with E-state index in [1.54, 1.807) is 0 Å². The summed E-state index contributed by atoms with van der Waals surface area (Å²) in [4.78, 5) is 0. The predicted molar refractivity (Wildman–Crippen MR) is 36.0 cm³/mol. The molecule has 1 rings (SSSR count). The van der Waals surface area contributed by atoms with Gasteiger partial charge in [0.2, 0.25) is 0 Å². The summed E-state index contributed by atoms with van der Waals surface area (Å²) in [5, 5.41) is 44.4. The van der Waals surface area contributed by atoms with Crippen LogP contribution in [-0.4, -0.2) is 62.8 Å². The summed E-state index contributed by atoms with van der Waals surface area (Å²) in [7, 11) is 0. The van der Waals surface area contributed by atoms with E-state index in [1.165, 1.54) is 0 Å². The molecule has 5 N–H and O–H groups in total. The van der Waals surface area contributed by atoms with Crippen molar-refractivity contribution in [3.05, 3.63) is 0 Å². The lowest BCUT2D eigenvalue weighted by molar-refractivity contribution is -0.150. The molecule has 0 aromatic rings. The first kappa shape index (κ1) is 9.85. The summed E-state index contributed by atoms with van der Waals surface area (Å²) in [6.07, 6.45) is -6.75. The minimum atomic E-state index is -1.51. The van der Waals surface area contributed by atoms with Gasteiger partial charge in [0.15, 0.2) is 6.29 Å². The normalized spacial score (nSPS) is 44.8. The number of hydrogen-bond donors (Lipinski definition) is 5. The van der Waals surface area contributed by atoms with Gasteiger partial charge in [0.25, 0.3) is 0 Å². The molecular weight excluding hydrogens is 168 g/mol. The lowest BCUT2D eigenvalue weighted by Crippen LogP contribution is -2.40. The molecule has 1 heterocycles. The van der Waals surface area contributed by atoms with Crippen molar-refractivity contribution in [2.45, 2.75) is 30.7 Å². The Morgan fingerprint density at radius 3 is 2.08 bits per heavy atom. The molecule has 0 aliphatic carbocycles. The van der Waals surface area contributed by atoms with Crippen LogP contribution in [0, 0.1) is 0 Å². The fourth-order valence-electron chi connectivity index (χ4n) is 1.11. The van der Waals surface area contributed by atoms with E-state index in [2.05, 4.69) is 4.74 Å². The van der Waals surface area contributed by atoms with Crippen molar-refractivity contribution in [2.24, 2.45) is 0 Å². The van der Waals surface area contributed by atoms with Crippen LogP contribution >= 0.6 is 0 Å². The highest BCUT2D eigenvalue weighted by atomic mass is 16.6. The van der Waals surface area contributed by atoms with E-state index in [0.29, 0.717) is 0 Å². The Morgan fingerprint density at radius 2 is 1.75 bits per heavy atom. The lowest BCUT2D eigenvalue weighted by atomic mass is 10.1. The maximum absolute atomic E-state index is 9.12. The van der Waals surface area contributed by atoms with Gasteiger partial charge in [-0.1, -0.05) is 0 Å². The molecule has 0 radical (unpaired) electrons. The zero-order valence-corrected chi connectivity index (χ0v) is 6.24. The average molecular weight is 180 g/mol. The van der Waals surface area contributed by atoms with Gasteiger partial charge in [0.05, 0.1) is 6.61 Å². The minimum absolute atomic E-state index is 0.596. The molecule has 5 atom stereocenters. The molecule has 0 saturated carbocycles. The van der Waals surface area contributed by atoms with E-state index in [1.807, 2.05) is 0 Å². The first-order chi connectivity index (χ1) is 5.57. The second-order valence-corrected chi connectivity index (χ2v) is 2.72. The van der Waals surface area contributed by atoms with Crippen LogP contribution in [0.5, 0.6) is 0 Å². The van der Waals surface area contributed by atoms with Crippen molar-refractivity contribution < 1.29 is 30.3 Å². The van der Waals surface area contributed by atoms with Crippen LogP contribution in [0.15, 0.2) is 0 Å². The van der Waals surface area contributed by atoms with Crippen molar-refractivity contribution >= 4 is 0 Å². The van der Waals surface area contributed by atoms with Crippen LogP contribution in [0.4, 0.5) is 0 Å². The van der Waals surface area contributed by atoms with Gasteiger partial charge in [-0.05, 0) is 0 Å². The Hall–Kier alpha value is -0.240. The molecule has 0 unspecified atom stereocenters. The van der Waals surface area contributed by atoms with Crippen molar-refractivity contribution in [1.82, 2.24) is 0 Å². The van der Waals surface area contributed by atoms with Crippen molar-refractivity contribution in [2.75, 3.05) is 6.61 Å². The van der Waals surface area contributed by atoms with Gasteiger partial charge in [0.1, 0.15) is 24.4 Å². The molecule has 0 aromatic heterocycles. The summed E-state index contributed by atoms with van der Waals surface area (Å²) in [6, 6.07) is 0. The number of ether oxygens (including phenoxy) is 1. The highest BCUT2D eigenvalue weighted by molar-refractivity contribution is 4.89. The topological polar surface area (TPSA) is 110 Å². The Labute approximate surface area is 68.6 Å². The Bertz CT molecular complexity index is 151. The second-order valence-electron chi connectivity index (χ2n) is 2.72. The standard InChI is InChI=1S/C6H12O6/c7-1-2(8)5-3(9)4(10)6(11)12-5/h2-11H,1H2/t2-,3+,4+,5+,6+/m1/s1. The molecule has 1 aliphatic rings. The summed E-state index contributed by atoms with van der Waals surface area (Å²) in [5.74, 6) is 0. The second kappa shape index (κ2) is 3.65. The largest absolute Gasteiger partial charge is 0.394 e. The first-order valence-corrected chi connectivity index (χ1v) is 3.56. The van der Waals surface area contributed by atoms with Crippen molar-refractivity contribution in [3.63, 3.8) is 0 Å². The molecule has 12 heavy (non-hydrogen) atoms. The number of hydrogen-bond acceptors (Lipinski definition) is 6. The molecule has 0 bridgehead atoms. The number of aliphatic hydroxyl groups is 5. The van der Waals surface area contributed by atoms with Gasteiger partial charge in [-0.25, -0.2) is 0 Å². The van der Waals surface area contributed by atoms with E-state index < -0.39 is 37.3 Å². The molecule has 6 nitrogen and oxygen atoms in total. The average Bonchev–Trinajstić information content (AvgIpc) is 2.32. The smallest absolute Gasteiger partial charge is 0.184 e. The highest BCUT2D eigenvalue weighted by Crippen LogP contribution is 2.21. The monoisotopic (exact) mass is 180 g/mol. The summed E-state index contributed by atoms with van der Waals surface area (Å²) in [6.45, 7) is -0.596. The first-order valence-electron chi connectivity index (χ1n) is 3.56. The quantitative estimate of drug-likeness (QED) is 0.306. The summed E-state index contributed by atoms with van der Waals surface area (Å²) >= 11 is 0. The van der Waals surface area contributed by atoms with E-state index in [0.717, 1.165) is 0 Å². The Balaban J connectivity index is 2.58. The third-order valence-electron chi connectivity index (χ3n) is 1.84. The Kier molecular flexibility index (Phi) is 2.99. The highest BCUT2D eigenvalue weighted by Gasteiger charge is 2.44. The van der Waals surface area contributed by atoms with Crippen LogP contribution in [-0.2, 0) is 4.74 Å². The molecule has 1 saturated heterocycles. The maximum atomic E-state index is 9.12. The van der Waals surface area contributed by atoms with E-state index in [-0.39, 0.29) is 0 Å². The van der Waals surface area contributed by atoms with Crippen LogP contribution in [0.2, 0.25) is 0 Å². The molecule has 0 aromatic carbocycles. The fraction of sp³-hybridized carbons (Fsp3) is 1.00. The van der Waals surface area contributed by atoms with Gasteiger partial charge in [-0.15, -0.1) is 0 Å². The third kappa shape index (κ3) is 1.58. The molecular formula is C6H12O6. The van der Waals surface area contributed by atoms with E-state index in [4.69, 9.17) is 25.5 Å². The van der Waals surface area contributed by atoms with Crippen LogP contribution in [0.25, 0.3) is 0 Å². The van der Waals surface area contributed by atoms with Crippen LogP contribution in [0.1, 0.15) is 0 Å². The Morgan fingerprint density at radius 1 is 1.17 bits per heavy atom. The maximum Gasteiger partial charge on any atom is 0.184 e. The van der Waals surface area contributed by atoms with Crippen molar-refractivity contribution in [1.29, 1.82) is 0 Å². The molecule has 72 valence electrons. The third-order valence-corrected chi connectivity index (χ3v) is 1.84. The van der Waals surface area contributed by atoms with E-state index >= 15 is 0 Å². The molecule has 0 spiro atoms. The van der Waals surface area contributed by atoms with Gasteiger partial charge in [-0.2, -0.15) is 0 Å². The van der Waals surface area contributed by atoms with Gasteiger partial charge < -0.3 is 30.3 Å². The van der Waals surface area contributed by atoms with Crippen LogP contribution < -0.4 is 0 Å². The van der Waals surface area contributed by atoms with E-state index in [9.17, 15) is 0 Å². The molecule has 1 fully saturated rings. The number of rotatable bonds is 2. The predicted octanol–water partition coefficient (Wildman–Crippen LogP) is -3.22. The number of aliphatic hydroxyl groups excluding tert-OH is 5. The van der Waals surface area contributed by atoms with Gasteiger partial charge in [0, 0.05) is 0 Å². The SMILES string of the molecule is OC[C@@H](O)[C@@H]1O[C@H](O)[C@@H](O)[C@@H]1O. The zero-order chi connectivity index (χ0) is 9.30. The molecule has 1 aliphatic heterocycles. The fourth-order valence-corrected chi connectivity index (χ4v) is 1.11. The molecule has 0 amide bonds. The van der Waals surface area contributed by atoms with Gasteiger partial charge in [-0.3, -0.25) is 0 Å². The summed E-state index contributed by atoms with van der Waals surface area (Å²) in [5.41, 5.74) is 0.